The highest BCUT2D eigenvalue weighted by molar-refractivity contribution is 5.99. The fourth-order valence-electron chi connectivity index (χ4n) is 4.34. The molecule has 29 heavy (non-hydrogen) atoms. The molecule has 1 N–H and O–H groups in total. The van der Waals surface area contributed by atoms with Crippen LogP contribution in [-0.4, -0.2) is 50.5 Å². The Morgan fingerprint density at radius 3 is 3.03 bits per heavy atom. The molecule has 1 aliphatic rings. The standard InChI is InChI=1S/C22H23N5O2/c1-3-20-25-17-7-5-10-23-21(17)27(20)14-9-11-26(13-14)22(28)18-12-15-16(24-18)6-4-8-19(15)29-2/h4-8,10,12,14,24H,3,9,11,13H2,1-2H3. The maximum Gasteiger partial charge on any atom is 0.270 e. The number of fused-ring (bicyclic) bond motifs is 2. The van der Waals surface area contributed by atoms with Gasteiger partial charge < -0.3 is 19.2 Å². The molecule has 7 nitrogen and oxygen atoms in total. The largest absolute Gasteiger partial charge is 0.496 e. The van der Waals surface area contributed by atoms with Crippen LogP contribution >= 0.6 is 0 Å². The summed E-state index contributed by atoms with van der Waals surface area (Å²) in [4.78, 5) is 27.6. The first-order chi connectivity index (χ1) is 14.2. The molecule has 1 unspecified atom stereocenters. The Labute approximate surface area is 168 Å². The number of ether oxygens (including phenoxy) is 1. The molecule has 7 heteroatoms. The van der Waals surface area contributed by atoms with Gasteiger partial charge in [0, 0.05) is 36.6 Å². The van der Waals surface area contributed by atoms with E-state index in [2.05, 4.69) is 21.5 Å². The molecular formula is C22H23N5O2. The number of aromatic amines is 1. The van der Waals surface area contributed by atoms with E-state index in [1.54, 1.807) is 13.3 Å². The number of rotatable bonds is 4. The normalized spacial score (nSPS) is 16.8. The number of hydrogen-bond acceptors (Lipinski definition) is 4. The van der Waals surface area contributed by atoms with Crippen LogP contribution in [0.1, 0.15) is 35.7 Å². The zero-order valence-electron chi connectivity index (χ0n) is 16.6. The van der Waals surface area contributed by atoms with E-state index in [9.17, 15) is 4.79 Å². The van der Waals surface area contributed by atoms with Gasteiger partial charge >= 0.3 is 0 Å². The van der Waals surface area contributed by atoms with Crippen molar-refractivity contribution in [1.82, 2.24) is 24.4 Å². The second-order valence-corrected chi connectivity index (χ2v) is 7.40. The molecule has 0 bridgehead atoms. The van der Waals surface area contributed by atoms with Crippen molar-refractivity contribution in [3.63, 3.8) is 0 Å². The van der Waals surface area contributed by atoms with Crippen molar-refractivity contribution in [1.29, 1.82) is 0 Å². The summed E-state index contributed by atoms with van der Waals surface area (Å²) in [5.41, 5.74) is 3.31. The van der Waals surface area contributed by atoms with E-state index in [1.165, 1.54) is 0 Å². The number of amides is 1. The van der Waals surface area contributed by atoms with Crippen LogP contribution in [0.5, 0.6) is 5.75 Å². The predicted molar refractivity (Wildman–Crippen MR) is 111 cm³/mol. The van der Waals surface area contributed by atoms with Crippen LogP contribution in [0.4, 0.5) is 0 Å². The number of carbonyl (C=O) groups is 1. The number of aryl methyl sites for hydroxylation is 1. The highest BCUT2D eigenvalue weighted by Gasteiger charge is 2.31. The molecule has 1 saturated heterocycles. The topological polar surface area (TPSA) is 76.0 Å². The first-order valence-corrected chi connectivity index (χ1v) is 9.96. The Bertz CT molecular complexity index is 1210. The number of methoxy groups -OCH3 is 1. The average molecular weight is 389 g/mol. The van der Waals surface area contributed by atoms with Gasteiger partial charge in [0.05, 0.1) is 13.2 Å². The molecule has 148 valence electrons. The molecule has 4 heterocycles. The number of hydrogen-bond donors (Lipinski definition) is 1. The summed E-state index contributed by atoms with van der Waals surface area (Å²) in [6.45, 7) is 3.47. The molecule has 0 spiro atoms. The summed E-state index contributed by atoms with van der Waals surface area (Å²) in [7, 11) is 1.64. The molecule has 0 radical (unpaired) electrons. The van der Waals surface area contributed by atoms with Gasteiger partial charge in [0.2, 0.25) is 0 Å². The number of benzene rings is 1. The van der Waals surface area contributed by atoms with Gasteiger partial charge in [-0.25, -0.2) is 9.97 Å². The number of nitrogens with one attached hydrogen (secondary N) is 1. The van der Waals surface area contributed by atoms with Gasteiger partial charge in [-0.3, -0.25) is 4.79 Å². The quantitative estimate of drug-likeness (QED) is 0.579. The molecule has 1 amide bonds. The van der Waals surface area contributed by atoms with Gasteiger partial charge in [-0.15, -0.1) is 0 Å². The van der Waals surface area contributed by atoms with E-state index in [0.29, 0.717) is 18.8 Å². The molecule has 1 atom stereocenters. The van der Waals surface area contributed by atoms with Crippen LogP contribution in [0.3, 0.4) is 0 Å². The van der Waals surface area contributed by atoms with Gasteiger partial charge in [0.15, 0.2) is 5.65 Å². The zero-order valence-corrected chi connectivity index (χ0v) is 16.6. The van der Waals surface area contributed by atoms with E-state index in [1.807, 2.05) is 41.3 Å². The first-order valence-electron chi connectivity index (χ1n) is 9.96. The van der Waals surface area contributed by atoms with Gasteiger partial charge in [0.1, 0.15) is 22.8 Å². The summed E-state index contributed by atoms with van der Waals surface area (Å²) < 4.78 is 7.64. The molecular weight excluding hydrogens is 366 g/mol. The monoisotopic (exact) mass is 389 g/mol. The van der Waals surface area contributed by atoms with Crippen molar-refractivity contribution in [2.45, 2.75) is 25.8 Å². The van der Waals surface area contributed by atoms with Crippen molar-refractivity contribution in [3.8, 4) is 5.75 Å². The minimum Gasteiger partial charge on any atom is -0.496 e. The fourth-order valence-corrected chi connectivity index (χ4v) is 4.34. The molecule has 1 aliphatic heterocycles. The highest BCUT2D eigenvalue weighted by Crippen LogP contribution is 2.30. The lowest BCUT2D eigenvalue weighted by Crippen LogP contribution is -2.29. The second-order valence-electron chi connectivity index (χ2n) is 7.40. The second kappa shape index (κ2) is 6.92. The van der Waals surface area contributed by atoms with Gasteiger partial charge in [-0.2, -0.15) is 0 Å². The number of pyridine rings is 1. The van der Waals surface area contributed by atoms with Gasteiger partial charge in [-0.05, 0) is 36.8 Å². The molecule has 4 aromatic rings. The van der Waals surface area contributed by atoms with E-state index in [-0.39, 0.29) is 11.9 Å². The number of aromatic nitrogens is 4. The summed E-state index contributed by atoms with van der Waals surface area (Å²) >= 11 is 0. The summed E-state index contributed by atoms with van der Waals surface area (Å²) in [5.74, 6) is 1.80. The number of likely N-dealkylation sites (tertiary alicyclic amines) is 1. The van der Waals surface area contributed by atoms with Crippen LogP contribution < -0.4 is 4.74 Å². The third-order valence-electron chi connectivity index (χ3n) is 5.73. The fraction of sp³-hybridized carbons (Fsp3) is 0.318. The molecule has 1 fully saturated rings. The molecule has 5 rings (SSSR count). The Kier molecular flexibility index (Phi) is 4.23. The van der Waals surface area contributed by atoms with E-state index in [4.69, 9.17) is 9.72 Å². The average Bonchev–Trinajstić information content (AvgIpc) is 3.48. The van der Waals surface area contributed by atoms with Crippen molar-refractivity contribution >= 4 is 28.0 Å². The van der Waals surface area contributed by atoms with Crippen molar-refractivity contribution in [2.24, 2.45) is 0 Å². The van der Waals surface area contributed by atoms with Gasteiger partial charge in [0.25, 0.3) is 5.91 Å². The van der Waals surface area contributed by atoms with Crippen LogP contribution in [0.15, 0.2) is 42.6 Å². The van der Waals surface area contributed by atoms with Crippen LogP contribution in [0.2, 0.25) is 0 Å². The lowest BCUT2D eigenvalue weighted by molar-refractivity contribution is 0.0783. The summed E-state index contributed by atoms with van der Waals surface area (Å²) in [5, 5.41) is 0.923. The molecule has 3 aromatic heterocycles. The maximum absolute atomic E-state index is 13.2. The van der Waals surface area contributed by atoms with Crippen LogP contribution in [0.25, 0.3) is 22.1 Å². The van der Waals surface area contributed by atoms with E-state index in [0.717, 1.165) is 46.5 Å². The van der Waals surface area contributed by atoms with Gasteiger partial charge in [-0.1, -0.05) is 13.0 Å². The Morgan fingerprint density at radius 2 is 2.21 bits per heavy atom. The predicted octanol–water partition coefficient (Wildman–Crippen LogP) is 3.57. The first kappa shape index (κ1) is 17.7. The third-order valence-corrected chi connectivity index (χ3v) is 5.73. The number of carbonyl (C=O) groups excluding carboxylic acids is 1. The Hall–Kier alpha value is -3.35. The highest BCUT2D eigenvalue weighted by atomic mass is 16.5. The SMILES string of the molecule is CCc1nc2cccnc2n1C1CCN(C(=O)c2cc3c(OC)cccc3[nH]2)C1. The minimum absolute atomic E-state index is 0.0150. The number of nitrogens with zero attached hydrogens (tertiary/aromatic N) is 4. The van der Waals surface area contributed by atoms with E-state index < -0.39 is 0 Å². The zero-order chi connectivity index (χ0) is 20.0. The van der Waals surface area contributed by atoms with Crippen molar-refractivity contribution < 1.29 is 9.53 Å². The third kappa shape index (κ3) is 2.85. The molecule has 1 aromatic carbocycles. The smallest absolute Gasteiger partial charge is 0.270 e. The summed E-state index contributed by atoms with van der Waals surface area (Å²) in [6, 6.07) is 11.8. The lowest BCUT2D eigenvalue weighted by atomic mass is 10.2. The number of imidazole rings is 1. The number of H-pyrrole nitrogens is 1. The summed E-state index contributed by atoms with van der Waals surface area (Å²) in [6.07, 6.45) is 3.53. The Morgan fingerprint density at radius 1 is 1.31 bits per heavy atom. The molecule has 0 aliphatic carbocycles. The van der Waals surface area contributed by atoms with Crippen LogP contribution in [-0.2, 0) is 6.42 Å². The van der Waals surface area contributed by atoms with Crippen molar-refractivity contribution in [2.75, 3.05) is 20.2 Å². The maximum atomic E-state index is 13.2. The molecule has 0 saturated carbocycles. The van der Waals surface area contributed by atoms with Crippen LogP contribution in [0, 0.1) is 0 Å². The minimum atomic E-state index is 0.0150. The van der Waals surface area contributed by atoms with E-state index >= 15 is 0 Å². The van der Waals surface area contributed by atoms with Crippen molar-refractivity contribution in [3.05, 3.63) is 54.1 Å². The lowest BCUT2D eigenvalue weighted by Gasteiger charge is -2.18. The Balaban J connectivity index is 1.43.